The Morgan fingerprint density at radius 1 is 1.35 bits per heavy atom. The molecule has 0 bridgehead atoms. The molecule has 0 aliphatic heterocycles. The lowest BCUT2D eigenvalue weighted by Gasteiger charge is -2.36. The van der Waals surface area contributed by atoms with E-state index in [1.54, 1.807) is 6.08 Å². The van der Waals surface area contributed by atoms with E-state index in [-0.39, 0.29) is 19.3 Å². The minimum Gasteiger partial charge on any atom is -0.548 e. The average molecular weight is 336 g/mol. The Bertz CT molecular complexity index is 580. The fraction of sp³-hybridized carbons (Fsp3) is 0.500. The van der Waals surface area contributed by atoms with Crippen LogP contribution in [-0.4, -0.2) is 25.6 Å². The highest BCUT2D eigenvalue weighted by Gasteiger charge is 2.47. The zero-order valence-electron chi connectivity index (χ0n) is 14.0. The van der Waals surface area contributed by atoms with Crippen molar-refractivity contribution in [1.29, 1.82) is 0 Å². The van der Waals surface area contributed by atoms with Gasteiger partial charge >= 0.3 is 5.97 Å². The van der Waals surface area contributed by atoms with Crippen molar-refractivity contribution < 1.29 is 18.7 Å². The maximum absolute atomic E-state index is 14.9. The number of benzene rings is 1. The largest absolute Gasteiger partial charge is 0.548 e. The second-order valence-electron chi connectivity index (χ2n) is 7.21. The number of carboxylic acids is 1. The van der Waals surface area contributed by atoms with Gasteiger partial charge in [-0.05, 0) is 44.1 Å². The van der Waals surface area contributed by atoms with Crippen molar-refractivity contribution in [3.8, 4) is 0 Å². The Balaban J connectivity index is 2.14. The van der Waals surface area contributed by atoms with Gasteiger partial charge in [0.15, 0.2) is 0 Å². The first-order chi connectivity index (χ1) is 10.7. The normalized spacial score (nSPS) is 23.0. The molecule has 0 saturated heterocycles. The lowest BCUT2D eigenvalue weighted by Crippen LogP contribution is -2.43. The molecule has 1 N–H and O–H groups in total. The van der Waals surface area contributed by atoms with Crippen LogP contribution in [0.2, 0.25) is 19.6 Å². The average Bonchev–Trinajstić information content (AvgIpc) is 2.47. The molecule has 0 amide bonds. The molecule has 1 aliphatic carbocycles. The lowest BCUT2D eigenvalue weighted by atomic mass is 9.71. The van der Waals surface area contributed by atoms with Crippen LogP contribution in [0.1, 0.15) is 24.8 Å². The molecule has 2 unspecified atom stereocenters. The highest BCUT2D eigenvalue weighted by Crippen LogP contribution is 2.42. The third-order valence-corrected chi connectivity index (χ3v) is 5.11. The summed E-state index contributed by atoms with van der Waals surface area (Å²) in [5.41, 5.74) is -0.518. The van der Waals surface area contributed by atoms with Gasteiger partial charge in [-0.1, -0.05) is 30.3 Å². The van der Waals surface area contributed by atoms with Crippen LogP contribution in [0.3, 0.4) is 0 Å². The van der Waals surface area contributed by atoms with E-state index in [0.29, 0.717) is 6.42 Å². The van der Waals surface area contributed by atoms with E-state index in [1.165, 1.54) is 0 Å². The summed E-state index contributed by atoms with van der Waals surface area (Å²) in [7, 11) is -1.72. The van der Waals surface area contributed by atoms with Crippen molar-refractivity contribution in [3.63, 3.8) is 0 Å². The fourth-order valence-corrected chi connectivity index (χ4v) is 3.93. The molecule has 5 heteroatoms. The fourth-order valence-electron chi connectivity index (χ4n) is 2.96. The van der Waals surface area contributed by atoms with Gasteiger partial charge in [0.2, 0.25) is 8.32 Å². The number of allylic oxidation sites excluding steroid dienone is 2. The van der Waals surface area contributed by atoms with Gasteiger partial charge < -0.3 is 9.53 Å². The van der Waals surface area contributed by atoms with E-state index >= 15 is 0 Å². The number of halogens is 1. The summed E-state index contributed by atoms with van der Waals surface area (Å²) >= 11 is 0. The molecule has 0 radical (unpaired) electrons. The van der Waals surface area contributed by atoms with Crippen LogP contribution in [-0.2, 0) is 15.6 Å². The summed E-state index contributed by atoms with van der Waals surface area (Å²) in [6.45, 7) is 6.25. The second kappa shape index (κ2) is 6.87. The summed E-state index contributed by atoms with van der Waals surface area (Å²) < 4.78 is 20.8. The predicted molar refractivity (Wildman–Crippen MR) is 91.5 cm³/mol. The zero-order chi connectivity index (χ0) is 17.1. The lowest BCUT2D eigenvalue weighted by molar-refractivity contribution is -0.154. The van der Waals surface area contributed by atoms with Gasteiger partial charge in [-0.25, -0.2) is 4.39 Å². The Morgan fingerprint density at radius 3 is 2.48 bits per heavy atom. The minimum absolute atomic E-state index is 0.130. The van der Waals surface area contributed by atoms with Crippen LogP contribution in [0.15, 0.2) is 42.2 Å². The molecule has 0 saturated carbocycles. The molecule has 0 spiro atoms. The molecule has 0 heterocycles. The van der Waals surface area contributed by atoms with Crippen molar-refractivity contribution in [2.75, 3.05) is 0 Å². The Kier molecular flexibility index (Phi) is 5.29. The number of alkyl halides is 1. The molecule has 2 atom stereocenters. The first-order valence-electron chi connectivity index (χ1n) is 8.02. The highest BCUT2D eigenvalue weighted by molar-refractivity contribution is 6.70. The number of carboxylic acid groups (broad SMARTS) is 1. The van der Waals surface area contributed by atoms with Crippen molar-refractivity contribution >= 4 is 14.3 Å². The van der Waals surface area contributed by atoms with Gasteiger partial charge in [-0.3, -0.25) is 4.79 Å². The molecule has 2 rings (SSSR count). The molecular weight excluding hydrogens is 311 g/mol. The zero-order valence-corrected chi connectivity index (χ0v) is 15.0. The van der Waals surface area contributed by atoms with Gasteiger partial charge in [0.05, 0.1) is 5.76 Å². The minimum atomic E-state index is -1.72. The van der Waals surface area contributed by atoms with Crippen LogP contribution in [0.5, 0.6) is 0 Å². The van der Waals surface area contributed by atoms with E-state index in [0.717, 1.165) is 11.3 Å². The quantitative estimate of drug-likeness (QED) is 0.775. The molecular formula is C18H25FO3Si. The van der Waals surface area contributed by atoms with Gasteiger partial charge in [0, 0.05) is 12.8 Å². The van der Waals surface area contributed by atoms with E-state index < -0.39 is 25.9 Å². The second-order valence-corrected chi connectivity index (χ2v) is 11.6. The smallest absolute Gasteiger partial charge is 0.312 e. The van der Waals surface area contributed by atoms with Crippen LogP contribution < -0.4 is 0 Å². The summed E-state index contributed by atoms with van der Waals surface area (Å²) in [5.74, 6) is -0.225. The molecule has 0 aromatic heterocycles. The van der Waals surface area contributed by atoms with Crippen LogP contribution in [0.4, 0.5) is 4.39 Å². The maximum Gasteiger partial charge on any atom is 0.312 e. The van der Waals surface area contributed by atoms with E-state index in [4.69, 9.17) is 4.43 Å². The number of carbonyl (C=O) groups is 1. The molecule has 126 valence electrons. The molecule has 1 aromatic rings. The third-order valence-electron chi connectivity index (χ3n) is 4.23. The van der Waals surface area contributed by atoms with E-state index in [9.17, 15) is 14.3 Å². The first kappa shape index (κ1) is 17.7. The monoisotopic (exact) mass is 336 g/mol. The Morgan fingerprint density at radius 2 is 2.00 bits per heavy atom. The van der Waals surface area contributed by atoms with Crippen molar-refractivity contribution in [2.45, 2.75) is 51.5 Å². The Labute approximate surface area is 138 Å². The molecule has 1 aliphatic rings. The predicted octanol–water partition coefficient (Wildman–Crippen LogP) is 4.56. The number of rotatable bonds is 6. The van der Waals surface area contributed by atoms with Crippen molar-refractivity contribution in [3.05, 3.63) is 47.7 Å². The Hall–Kier alpha value is -1.62. The number of hydrogen-bond donors (Lipinski definition) is 1. The van der Waals surface area contributed by atoms with Crippen LogP contribution >= 0.6 is 0 Å². The van der Waals surface area contributed by atoms with E-state index in [1.807, 2.05) is 30.3 Å². The van der Waals surface area contributed by atoms with Crippen LogP contribution in [0, 0.1) is 5.41 Å². The topological polar surface area (TPSA) is 46.5 Å². The summed E-state index contributed by atoms with van der Waals surface area (Å²) in [5, 5.41) is 9.65. The van der Waals surface area contributed by atoms with Crippen LogP contribution in [0.25, 0.3) is 0 Å². The van der Waals surface area contributed by atoms with Crippen molar-refractivity contribution in [1.82, 2.24) is 0 Å². The van der Waals surface area contributed by atoms with Gasteiger partial charge in [0.1, 0.15) is 11.6 Å². The SMILES string of the molecule is C[Si](C)(C)OC1=CCC(C(=O)O)(C(F)Cc2ccccc2)CC1. The first-order valence-corrected chi connectivity index (χ1v) is 11.4. The van der Waals surface area contributed by atoms with Crippen molar-refractivity contribution in [2.24, 2.45) is 5.41 Å². The molecule has 3 nitrogen and oxygen atoms in total. The molecule has 0 fully saturated rings. The van der Waals surface area contributed by atoms with Gasteiger partial charge in [-0.2, -0.15) is 0 Å². The number of aliphatic carboxylic acids is 1. The highest BCUT2D eigenvalue weighted by atomic mass is 28.4. The summed E-state index contributed by atoms with van der Waals surface area (Å²) in [4.78, 5) is 11.8. The number of hydrogen-bond acceptors (Lipinski definition) is 2. The maximum atomic E-state index is 14.9. The van der Waals surface area contributed by atoms with E-state index in [2.05, 4.69) is 19.6 Å². The summed E-state index contributed by atoms with van der Waals surface area (Å²) in [6.07, 6.45) is 1.47. The van der Waals surface area contributed by atoms with Gasteiger partial charge in [-0.15, -0.1) is 0 Å². The molecule has 23 heavy (non-hydrogen) atoms. The molecule has 1 aromatic carbocycles. The summed E-state index contributed by atoms with van der Waals surface area (Å²) in [6, 6.07) is 9.22. The third kappa shape index (κ3) is 4.44. The van der Waals surface area contributed by atoms with Gasteiger partial charge in [0.25, 0.3) is 0 Å². The standard InChI is InChI=1S/C18H25FO3Si/c1-23(2,3)22-15-9-11-18(12-10-15,17(20)21)16(19)13-14-7-5-4-6-8-14/h4-9,16H,10-13H2,1-3H3,(H,20,21).